The highest BCUT2D eigenvalue weighted by Gasteiger charge is 2.38. The Kier molecular flexibility index (Phi) is 6.87. The third kappa shape index (κ3) is 4.95. The van der Waals surface area contributed by atoms with Crippen molar-refractivity contribution in [2.75, 3.05) is 17.3 Å². The molecule has 1 heterocycles. The number of hydrogen-bond donors (Lipinski definition) is 0. The SMILES string of the molecule is O=C(O[C@@H](CCCl)C(=O)c1ccc(F)cc1)[C@H]1CC(=O)N(c2ccccc2Cl)C1. The molecule has 3 rings (SSSR count). The van der Waals surface area contributed by atoms with Crippen LogP contribution in [0.15, 0.2) is 48.5 Å². The van der Waals surface area contributed by atoms with Crippen LogP contribution in [0.25, 0.3) is 0 Å². The monoisotopic (exact) mass is 437 g/mol. The van der Waals surface area contributed by atoms with E-state index in [1.807, 2.05) is 0 Å². The van der Waals surface area contributed by atoms with Gasteiger partial charge < -0.3 is 9.64 Å². The number of rotatable bonds is 7. The van der Waals surface area contributed by atoms with Crippen molar-refractivity contribution in [3.8, 4) is 0 Å². The van der Waals surface area contributed by atoms with Gasteiger partial charge in [0.15, 0.2) is 6.10 Å². The Hall–Kier alpha value is -2.44. The third-order valence-corrected chi connectivity index (χ3v) is 5.19. The molecular weight excluding hydrogens is 420 g/mol. The minimum Gasteiger partial charge on any atom is -0.454 e. The maximum Gasteiger partial charge on any atom is 0.312 e. The summed E-state index contributed by atoms with van der Waals surface area (Å²) in [6.07, 6.45) is -1.03. The largest absolute Gasteiger partial charge is 0.454 e. The van der Waals surface area contributed by atoms with Crippen LogP contribution >= 0.6 is 23.2 Å². The molecule has 0 unspecified atom stereocenters. The lowest BCUT2D eigenvalue weighted by Gasteiger charge is -2.20. The Labute approximate surface area is 177 Å². The zero-order valence-corrected chi connectivity index (χ0v) is 16.8. The van der Waals surface area contributed by atoms with E-state index in [1.165, 1.54) is 17.0 Å². The maximum atomic E-state index is 13.1. The van der Waals surface area contributed by atoms with Crippen LogP contribution < -0.4 is 4.90 Å². The van der Waals surface area contributed by atoms with E-state index in [1.54, 1.807) is 24.3 Å². The summed E-state index contributed by atoms with van der Waals surface area (Å²) in [4.78, 5) is 39.1. The van der Waals surface area contributed by atoms with Gasteiger partial charge in [0, 0.05) is 30.8 Å². The minimum absolute atomic E-state index is 0.0393. The van der Waals surface area contributed by atoms with Gasteiger partial charge in [0.05, 0.1) is 16.6 Å². The molecule has 152 valence electrons. The first-order valence-corrected chi connectivity index (χ1v) is 9.93. The minimum atomic E-state index is -1.10. The Bertz CT molecular complexity index is 919. The molecule has 2 atom stereocenters. The topological polar surface area (TPSA) is 63.7 Å². The lowest BCUT2D eigenvalue weighted by molar-refractivity contribution is -0.151. The molecule has 29 heavy (non-hydrogen) atoms. The fraction of sp³-hybridized carbons (Fsp3) is 0.286. The van der Waals surface area contributed by atoms with Crippen molar-refractivity contribution in [2.45, 2.75) is 18.9 Å². The fourth-order valence-electron chi connectivity index (χ4n) is 3.15. The van der Waals surface area contributed by atoms with E-state index in [4.69, 9.17) is 27.9 Å². The zero-order chi connectivity index (χ0) is 21.0. The number of hydrogen-bond acceptors (Lipinski definition) is 4. The van der Waals surface area contributed by atoms with Gasteiger partial charge in [0.1, 0.15) is 5.82 Å². The van der Waals surface area contributed by atoms with Crippen molar-refractivity contribution in [1.29, 1.82) is 0 Å². The Balaban J connectivity index is 1.70. The van der Waals surface area contributed by atoms with E-state index in [0.29, 0.717) is 10.7 Å². The van der Waals surface area contributed by atoms with Gasteiger partial charge in [-0.05, 0) is 36.4 Å². The molecule has 1 saturated heterocycles. The van der Waals surface area contributed by atoms with Crippen molar-refractivity contribution in [1.82, 2.24) is 0 Å². The van der Waals surface area contributed by atoms with Crippen molar-refractivity contribution >= 4 is 46.5 Å². The van der Waals surface area contributed by atoms with E-state index in [0.717, 1.165) is 12.1 Å². The third-order valence-electron chi connectivity index (χ3n) is 4.65. The van der Waals surface area contributed by atoms with Gasteiger partial charge in [-0.1, -0.05) is 23.7 Å². The summed E-state index contributed by atoms with van der Waals surface area (Å²) in [6.45, 7) is 0.111. The van der Waals surface area contributed by atoms with E-state index in [-0.39, 0.29) is 36.7 Å². The van der Waals surface area contributed by atoms with E-state index >= 15 is 0 Å². The molecule has 2 aromatic carbocycles. The van der Waals surface area contributed by atoms with Crippen molar-refractivity contribution in [2.24, 2.45) is 5.92 Å². The molecule has 0 saturated carbocycles. The quantitative estimate of drug-likeness (QED) is 0.368. The van der Waals surface area contributed by atoms with Crippen LogP contribution in [0, 0.1) is 11.7 Å². The summed E-state index contributed by atoms with van der Waals surface area (Å²) in [7, 11) is 0. The van der Waals surface area contributed by atoms with Crippen molar-refractivity contribution in [3.05, 3.63) is 64.9 Å². The van der Waals surface area contributed by atoms with Gasteiger partial charge >= 0.3 is 5.97 Å². The first-order valence-electron chi connectivity index (χ1n) is 9.02. The number of halogens is 3. The van der Waals surface area contributed by atoms with Gasteiger partial charge in [-0.25, -0.2) is 4.39 Å². The maximum absolute atomic E-state index is 13.1. The summed E-state index contributed by atoms with van der Waals surface area (Å²) >= 11 is 11.9. The summed E-state index contributed by atoms with van der Waals surface area (Å²) in [6, 6.07) is 11.8. The van der Waals surface area contributed by atoms with E-state index in [2.05, 4.69) is 0 Å². The molecule has 5 nitrogen and oxygen atoms in total. The number of nitrogens with zero attached hydrogens (tertiary/aromatic N) is 1. The van der Waals surface area contributed by atoms with Gasteiger partial charge in [-0.15, -0.1) is 11.6 Å². The fourth-order valence-corrected chi connectivity index (χ4v) is 3.58. The van der Waals surface area contributed by atoms with Crippen LogP contribution in [0.4, 0.5) is 10.1 Å². The molecule has 1 fully saturated rings. The highest BCUT2D eigenvalue weighted by Crippen LogP contribution is 2.31. The molecule has 8 heteroatoms. The second-order valence-corrected chi connectivity index (χ2v) is 7.42. The van der Waals surface area contributed by atoms with Crippen molar-refractivity contribution < 1.29 is 23.5 Å². The first-order chi connectivity index (χ1) is 13.9. The molecule has 0 bridgehead atoms. The number of anilines is 1. The van der Waals surface area contributed by atoms with Crippen LogP contribution in [0.1, 0.15) is 23.2 Å². The normalized spacial score (nSPS) is 17.3. The molecule has 0 spiro atoms. The number of Topliss-reactive ketones (excluding diaryl/α,β-unsaturated/α-hetero) is 1. The molecule has 0 N–H and O–H groups in total. The summed E-state index contributed by atoms with van der Waals surface area (Å²) in [5.41, 5.74) is 0.740. The number of para-hydroxylation sites is 1. The van der Waals surface area contributed by atoms with E-state index in [9.17, 15) is 18.8 Å². The number of benzene rings is 2. The van der Waals surface area contributed by atoms with Gasteiger partial charge in [-0.3, -0.25) is 14.4 Å². The van der Waals surface area contributed by atoms with Gasteiger partial charge in [0.25, 0.3) is 0 Å². The predicted octanol–water partition coefficient (Wildman–Crippen LogP) is 4.26. The average Bonchev–Trinajstić information content (AvgIpc) is 3.09. The van der Waals surface area contributed by atoms with Crippen LogP contribution in [0.2, 0.25) is 5.02 Å². The Morgan fingerprint density at radius 2 is 1.86 bits per heavy atom. The van der Waals surface area contributed by atoms with E-state index < -0.39 is 29.6 Å². The molecular formula is C21H18Cl2FNO4. The predicted molar refractivity (Wildman–Crippen MR) is 108 cm³/mol. The first kappa shape index (κ1) is 21.3. The van der Waals surface area contributed by atoms with Crippen LogP contribution in [0.5, 0.6) is 0 Å². The number of alkyl halides is 1. The second-order valence-electron chi connectivity index (χ2n) is 6.63. The van der Waals surface area contributed by atoms with Gasteiger partial charge in [-0.2, -0.15) is 0 Å². The van der Waals surface area contributed by atoms with Gasteiger partial charge in [0.2, 0.25) is 11.7 Å². The molecule has 1 amide bonds. The summed E-state index contributed by atoms with van der Waals surface area (Å²) in [5, 5.41) is 0.404. The Morgan fingerprint density at radius 1 is 1.17 bits per heavy atom. The molecule has 1 aliphatic heterocycles. The Morgan fingerprint density at radius 3 is 2.52 bits per heavy atom. The molecule has 1 aliphatic rings. The second kappa shape index (κ2) is 9.37. The number of ketones is 1. The lowest BCUT2D eigenvalue weighted by atomic mass is 10.0. The molecule has 0 radical (unpaired) electrons. The molecule has 2 aromatic rings. The van der Waals surface area contributed by atoms with Crippen LogP contribution in [-0.4, -0.2) is 36.2 Å². The average molecular weight is 438 g/mol. The molecule has 0 aliphatic carbocycles. The lowest BCUT2D eigenvalue weighted by Crippen LogP contribution is -2.32. The number of carbonyl (C=O) groups is 3. The smallest absolute Gasteiger partial charge is 0.312 e. The highest BCUT2D eigenvalue weighted by atomic mass is 35.5. The zero-order valence-electron chi connectivity index (χ0n) is 15.3. The number of ether oxygens (including phenoxy) is 1. The standard InChI is InChI=1S/C21H18Cl2FNO4/c22-10-9-18(20(27)13-5-7-15(24)8-6-13)29-21(28)14-11-19(26)25(12-14)17-4-2-1-3-16(17)23/h1-8,14,18H,9-12H2/t14-,18-/m0/s1. The number of esters is 1. The summed E-state index contributed by atoms with van der Waals surface area (Å²) in [5.74, 6) is -2.47. The van der Waals surface area contributed by atoms with Crippen LogP contribution in [0.3, 0.4) is 0 Å². The van der Waals surface area contributed by atoms with Crippen molar-refractivity contribution in [3.63, 3.8) is 0 Å². The highest BCUT2D eigenvalue weighted by molar-refractivity contribution is 6.33. The molecule has 0 aromatic heterocycles. The number of amides is 1. The number of carbonyl (C=O) groups excluding carboxylic acids is 3. The van der Waals surface area contributed by atoms with Crippen LogP contribution in [-0.2, 0) is 14.3 Å². The summed E-state index contributed by atoms with van der Waals surface area (Å²) < 4.78 is 18.5.